The van der Waals surface area contributed by atoms with Gasteiger partial charge in [-0.1, -0.05) is 24.3 Å². The van der Waals surface area contributed by atoms with Crippen molar-refractivity contribution < 1.29 is 14.0 Å². The fourth-order valence-electron chi connectivity index (χ4n) is 3.24. The van der Waals surface area contributed by atoms with Crippen molar-refractivity contribution in [2.45, 2.75) is 12.3 Å². The van der Waals surface area contributed by atoms with Crippen molar-refractivity contribution in [3.05, 3.63) is 77.9 Å². The minimum absolute atomic E-state index is 0.0927. The highest BCUT2D eigenvalue weighted by Crippen LogP contribution is 2.32. The van der Waals surface area contributed by atoms with Gasteiger partial charge in [0.2, 0.25) is 5.91 Å². The summed E-state index contributed by atoms with van der Waals surface area (Å²) in [5.41, 5.74) is 2.45. The molecule has 1 aliphatic rings. The van der Waals surface area contributed by atoms with Crippen LogP contribution in [0.4, 0.5) is 10.1 Å². The van der Waals surface area contributed by atoms with E-state index < -0.39 is 11.7 Å². The van der Waals surface area contributed by atoms with Crippen LogP contribution in [0.5, 0.6) is 0 Å². The number of anilines is 1. The van der Waals surface area contributed by atoms with E-state index in [1.54, 1.807) is 24.4 Å². The summed E-state index contributed by atoms with van der Waals surface area (Å²) in [6, 6.07) is 13.5. The predicted molar refractivity (Wildman–Crippen MR) is 96.9 cm³/mol. The highest BCUT2D eigenvalue weighted by atomic mass is 19.1. The molecule has 0 saturated heterocycles. The Labute approximate surface area is 148 Å². The van der Waals surface area contributed by atoms with E-state index in [1.165, 1.54) is 18.3 Å². The quantitative estimate of drug-likeness (QED) is 0.678. The number of carbonyl (C=O) groups is 2. The van der Waals surface area contributed by atoms with Crippen LogP contribution in [0.1, 0.15) is 17.9 Å². The number of halogens is 1. The van der Waals surface area contributed by atoms with Gasteiger partial charge in [0.1, 0.15) is 5.82 Å². The number of amides is 2. The molecule has 130 valence electrons. The van der Waals surface area contributed by atoms with E-state index in [-0.39, 0.29) is 18.2 Å². The first-order valence-electron chi connectivity index (χ1n) is 8.24. The van der Waals surface area contributed by atoms with Crippen LogP contribution in [0.25, 0.3) is 10.9 Å². The lowest BCUT2D eigenvalue weighted by Crippen LogP contribution is -2.32. The smallest absolute Gasteiger partial charge is 0.253 e. The normalized spacial score (nSPS) is 16.9. The molecule has 26 heavy (non-hydrogen) atoms. The van der Waals surface area contributed by atoms with Gasteiger partial charge in [-0.3, -0.25) is 9.59 Å². The van der Waals surface area contributed by atoms with Crippen molar-refractivity contribution >= 4 is 28.4 Å². The van der Waals surface area contributed by atoms with E-state index in [2.05, 4.69) is 15.6 Å². The lowest BCUT2D eigenvalue weighted by molar-refractivity contribution is -0.121. The highest BCUT2D eigenvalue weighted by molar-refractivity contribution is 6.09. The zero-order valence-electron chi connectivity index (χ0n) is 13.8. The average molecular weight is 349 g/mol. The van der Waals surface area contributed by atoms with Gasteiger partial charge < -0.3 is 15.6 Å². The maximum absolute atomic E-state index is 13.6. The number of nitrogens with one attached hydrogen (secondary N) is 3. The number of benzene rings is 2. The van der Waals surface area contributed by atoms with Crippen molar-refractivity contribution in [3.8, 4) is 0 Å². The van der Waals surface area contributed by atoms with Gasteiger partial charge in [0.25, 0.3) is 5.91 Å². The molecule has 0 fully saturated rings. The van der Waals surface area contributed by atoms with Gasteiger partial charge in [-0.2, -0.15) is 0 Å². The van der Waals surface area contributed by atoms with E-state index in [1.807, 2.05) is 18.2 Å². The fourth-order valence-corrected chi connectivity index (χ4v) is 3.24. The lowest BCUT2D eigenvalue weighted by Gasteiger charge is -2.24. The van der Waals surface area contributed by atoms with Crippen molar-refractivity contribution in [1.29, 1.82) is 0 Å². The monoisotopic (exact) mass is 349 g/mol. The van der Waals surface area contributed by atoms with E-state index in [9.17, 15) is 14.0 Å². The molecule has 1 unspecified atom stereocenters. The van der Waals surface area contributed by atoms with Gasteiger partial charge in [0.05, 0.1) is 11.2 Å². The van der Waals surface area contributed by atoms with E-state index in [0.717, 1.165) is 10.9 Å². The molecule has 4 rings (SSSR count). The molecule has 2 heterocycles. The van der Waals surface area contributed by atoms with Crippen LogP contribution in [-0.4, -0.2) is 16.8 Å². The molecule has 5 nitrogen and oxygen atoms in total. The number of hydrogen-bond donors (Lipinski definition) is 3. The molecule has 0 aliphatic carbocycles. The van der Waals surface area contributed by atoms with Crippen molar-refractivity contribution in [1.82, 2.24) is 10.3 Å². The minimum atomic E-state index is -0.498. The standard InChI is InChI=1S/C20H16FN3O2/c21-14-5-1-4-13(9-14)15-10-18(25)23-11-16(15)20(26)24-17-6-2-3-12-7-8-22-19(12)17/h1-9,11,15,22H,10H2,(H,23,25)(H,24,26). The maximum atomic E-state index is 13.6. The summed E-state index contributed by atoms with van der Waals surface area (Å²) in [5, 5.41) is 6.45. The molecular formula is C20H16FN3O2. The van der Waals surface area contributed by atoms with Crippen LogP contribution in [0, 0.1) is 5.82 Å². The van der Waals surface area contributed by atoms with Crippen molar-refractivity contribution in [2.24, 2.45) is 0 Å². The molecule has 0 saturated carbocycles. The van der Waals surface area contributed by atoms with Crippen LogP contribution in [0.2, 0.25) is 0 Å². The Kier molecular flexibility index (Phi) is 4.01. The Morgan fingerprint density at radius 3 is 2.85 bits per heavy atom. The molecule has 1 aromatic heterocycles. The summed E-state index contributed by atoms with van der Waals surface area (Å²) in [6.45, 7) is 0. The van der Waals surface area contributed by atoms with Crippen LogP contribution < -0.4 is 10.6 Å². The molecule has 3 N–H and O–H groups in total. The summed E-state index contributed by atoms with van der Waals surface area (Å²) >= 11 is 0. The largest absolute Gasteiger partial charge is 0.359 e. The molecule has 0 radical (unpaired) electrons. The second-order valence-corrected chi connectivity index (χ2v) is 6.18. The third-order valence-electron chi connectivity index (χ3n) is 4.50. The topological polar surface area (TPSA) is 74.0 Å². The van der Waals surface area contributed by atoms with E-state index in [0.29, 0.717) is 16.8 Å². The van der Waals surface area contributed by atoms with Gasteiger partial charge in [-0.05, 0) is 29.8 Å². The van der Waals surface area contributed by atoms with Gasteiger partial charge in [-0.25, -0.2) is 4.39 Å². The summed E-state index contributed by atoms with van der Waals surface area (Å²) in [7, 11) is 0. The fraction of sp³-hybridized carbons (Fsp3) is 0.100. The maximum Gasteiger partial charge on any atom is 0.253 e. The summed E-state index contributed by atoms with van der Waals surface area (Å²) in [4.78, 5) is 27.8. The number of para-hydroxylation sites is 1. The predicted octanol–water partition coefficient (Wildman–Crippen LogP) is 3.43. The molecule has 2 aromatic carbocycles. The number of rotatable bonds is 3. The second kappa shape index (κ2) is 6.48. The first-order valence-corrected chi connectivity index (χ1v) is 8.24. The zero-order valence-corrected chi connectivity index (χ0v) is 13.8. The third kappa shape index (κ3) is 2.97. The molecular weight excluding hydrogens is 333 g/mol. The van der Waals surface area contributed by atoms with Crippen LogP contribution >= 0.6 is 0 Å². The minimum Gasteiger partial charge on any atom is -0.359 e. The number of aromatic amines is 1. The summed E-state index contributed by atoms with van der Waals surface area (Å²) in [6.07, 6.45) is 3.30. The molecule has 3 aromatic rings. The van der Waals surface area contributed by atoms with E-state index in [4.69, 9.17) is 0 Å². The highest BCUT2D eigenvalue weighted by Gasteiger charge is 2.29. The van der Waals surface area contributed by atoms with Gasteiger partial charge in [-0.15, -0.1) is 0 Å². The zero-order chi connectivity index (χ0) is 18.1. The van der Waals surface area contributed by atoms with Crippen LogP contribution in [-0.2, 0) is 9.59 Å². The van der Waals surface area contributed by atoms with E-state index >= 15 is 0 Å². The molecule has 1 atom stereocenters. The molecule has 1 aliphatic heterocycles. The number of carbonyl (C=O) groups excluding carboxylic acids is 2. The molecule has 2 amide bonds. The molecule has 0 bridgehead atoms. The van der Waals surface area contributed by atoms with Crippen molar-refractivity contribution in [2.75, 3.05) is 5.32 Å². The number of aromatic nitrogens is 1. The molecule has 6 heteroatoms. The van der Waals surface area contributed by atoms with Crippen molar-refractivity contribution in [3.63, 3.8) is 0 Å². The Bertz CT molecular complexity index is 1040. The van der Waals surface area contributed by atoms with Gasteiger partial charge in [0.15, 0.2) is 0 Å². The summed E-state index contributed by atoms with van der Waals surface area (Å²) < 4.78 is 13.6. The Morgan fingerprint density at radius 1 is 1.15 bits per heavy atom. The first-order chi connectivity index (χ1) is 12.6. The number of hydrogen-bond acceptors (Lipinski definition) is 2. The van der Waals surface area contributed by atoms with Crippen LogP contribution in [0.15, 0.2) is 66.5 Å². The summed E-state index contributed by atoms with van der Waals surface area (Å²) in [5.74, 6) is -1.43. The first kappa shape index (κ1) is 16.1. The Morgan fingerprint density at radius 2 is 2.00 bits per heavy atom. The van der Waals surface area contributed by atoms with Gasteiger partial charge >= 0.3 is 0 Å². The lowest BCUT2D eigenvalue weighted by atomic mass is 9.86. The second-order valence-electron chi connectivity index (χ2n) is 6.18. The number of fused-ring (bicyclic) bond motifs is 1. The third-order valence-corrected chi connectivity index (χ3v) is 4.50. The van der Waals surface area contributed by atoms with Crippen LogP contribution in [0.3, 0.4) is 0 Å². The Hall–Kier alpha value is -3.41. The number of H-pyrrole nitrogens is 1. The Balaban J connectivity index is 1.66. The SMILES string of the molecule is O=C1CC(c2cccc(F)c2)C(C(=O)Nc2cccc3cc[nH]c23)=CN1. The molecule has 0 spiro atoms. The average Bonchev–Trinajstić information content (AvgIpc) is 3.11. The van der Waals surface area contributed by atoms with Gasteiger partial charge in [0, 0.05) is 35.7 Å².